The molecule has 3 atom stereocenters. The van der Waals surface area contributed by atoms with Gasteiger partial charge in [0, 0.05) is 6.08 Å². The Bertz CT molecular complexity index is 454. The lowest BCUT2D eigenvalue weighted by molar-refractivity contribution is -0.151. The van der Waals surface area contributed by atoms with E-state index in [1.54, 1.807) is 20.8 Å². The van der Waals surface area contributed by atoms with Crippen LogP contribution in [0, 0.1) is 0 Å². The van der Waals surface area contributed by atoms with Gasteiger partial charge in [0.15, 0.2) is 0 Å². The lowest BCUT2D eigenvalue weighted by Gasteiger charge is -2.15. The summed E-state index contributed by atoms with van der Waals surface area (Å²) in [5.74, 6) is -1.95. The molecule has 0 N–H and O–H groups in total. The van der Waals surface area contributed by atoms with Crippen molar-refractivity contribution in [3.63, 3.8) is 0 Å². The van der Waals surface area contributed by atoms with Crippen molar-refractivity contribution in [1.29, 1.82) is 0 Å². The van der Waals surface area contributed by atoms with Crippen LogP contribution in [0.5, 0.6) is 0 Å². The molecule has 138 valence electrons. The van der Waals surface area contributed by atoms with Gasteiger partial charge in [0.1, 0.15) is 0 Å². The number of esters is 3. The van der Waals surface area contributed by atoms with E-state index >= 15 is 0 Å². The SMILES string of the molecule is CCC(C)OC(=O)/C=C(/CC(=O)OC(C)CC)C(=O)OC(C)CC. The van der Waals surface area contributed by atoms with Crippen molar-refractivity contribution in [2.45, 2.75) is 85.5 Å². The first-order valence-corrected chi connectivity index (χ1v) is 8.54. The number of carbonyl (C=O) groups is 3. The highest BCUT2D eigenvalue weighted by molar-refractivity contribution is 5.99. The van der Waals surface area contributed by atoms with Crippen molar-refractivity contribution in [3.8, 4) is 0 Å². The average Bonchev–Trinajstić information content (AvgIpc) is 2.53. The van der Waals surface area contributed by atoms with Gasteiger partial charge in [-0.15, -0.1) is 0 Å². The molecule has 0 aromatic heterocycles. The summed E-state index contributed by atoms with van der Waals surface area (Å²) in [6.45, 7) is 10.9. The van der Waals surface area contributed by atoms with Gasteiger partial charge >= 0.3 is 17.9 Å². The number of rotatable bonds is 10. The van der Waals surface area contributed by atoms with Gasteiger partial charge in [-0.05, 0) is 40.0 Å². The van der Waals surface area contributed by atoms with E-state index in [2.05, 4.69) is 0 Å². The number of hydrogen-bond acceptors (Lipinski definition) is 6. The van der Waals surface area contributed by atoms with Crippen molar-refractivity contribution in [1.82, 2.24) is 0 Å². The Kier molecular flexibility index (Phi) is 10.8. The van der Waals surface area contributed by atoms with Crippen LogP contribution in [0.2, 0.25) is 0 Å². The monoisotopic (exact) mass is 342 g/mol. The number of ether oxygens (including phenoxy) is 3. The van der Waals surface area contributed by atoms with Crippen molar-refractivity contribution < 1.29 is 28.6 Å². The minimum atomic E-state index is -0.702. The topological polar surface area (TPSA) is 78.9 Å². The molecule has 0 aliphatic rings. The van der Waals surface area contributed by atoms with Crippen LogP contribution in [0.1, 0.15) is 67.2 Å². The molecule has 0 fully saturated rings. The molecule has 6 heteroatoms. The van der Waals surface area contributed by atoms with E-state index in [4.69, 9.17) is 14.2 Å². The quantitative estimate of drug-likeness (QED) is 0.344. The molecule has 0 heterocycles. The van der Waals surface area contributed by atoms with Gasteiger partial charge in [-0.25, -0.2) is 9.59 Å². The summed E-state index contributed by atoms with van der Waals surface area (Å²) in [5.41, 5.74) is -0.0584. The standard InChI is InChI=1S/C18H30O6/c1-7-12(4)22-16(19)10-15(18(21)24-14(6)9-3)11-17(20)23-13(5)8-2/h10,12-14H,7-9,11H2,1-6H3/b15-10-. The molecule has 0 amide bonds. The van der Waals surface area contributed by atoms with Gasteiger partial charge in [0.25, 0.3) is 0 Å². The molecule has 0 saturated heterocycles. The molecule has 0 bridgehead atoms. The Labute approximate surface area is 144 Å². The molecule has 3 unspecified atom stereocenters. The molecular formula is C18H30O6. The minimum absolute atomic E-state index is 0.0584. The second-order valence-corrected chi connectivity index (χ2v) is 5.84. The van der Waals surface area contributed by atoms with Gasteiger partial charge in [0.2, 0.25) is 0 Å². The zero-order valence-electron chi connectivity index (χ0n) is 15.6. The van der Waals surface area contributed by atoms with Crippen LogP contribution < -0.4 is 0 Å². The summed E-state index contributed by atoms with van der Waals surface area (Å²) in [5, 5.41) is 0. The Morgan fingerprint density at radius 1 is 0.792 bits per heavy atom. The molecule has 0 aromatic rings. The summed E-state index contributed by atoms with van der Waals surface area (Å²) < 4.78 is 15.5. The van der Waals surface area contributed by atoms with Crippen LogP contribution in [0.15, 0.2) is 11.6 Å². The third-order valence-electron chi connectivity index (χ3n) is 3.57. The van der Waals surface area contributed by atoms with Gasteiger partial charge in [0.05, 0.1) is 30.3 Å². The highest BCUT2D eigenvalue weighted by Crippen LogP contribution is 2.12. The molecule has 0 aromatic carbocycles. The Hall–Kier alpha value is -1.85. The van der Waals surface area contributed by atoms with E-state index in [1.165, 1.54) is 0 Å². The third kappa shape index (κ3) is 9.33. The lowest BCUT2D eigenvalue weighted by Crippen LogP contribution is -2.22. The fourth-order valence-corrected chi connectivity index (χ4v) is 1.49. The Morgan fingerprint density at radius 2 is 1.25 bits per heavy atom. The van der Waals surface area contributed by atoms with Gasteiger partial charge in [-0.1, -0.05) is 20.8 Å². The van der Waals surface area contributed by atoms with Gasteiger partial charge < -0.3 is 14.2 Å². The highest BCUT2D eigenvalue weighted by atomic mass is 16.6. The minimum Gasteiger partial charge on any atom is -0.462 e. The van der Waals surface area contributed by atoms with E-state index in [1.807, 2.05) is 20.8 Å². The zero-order chi connectivity index (χ0) is 18.7. The van der Waals surface area contributed by atoms with E-state index in [0.717, 1.165) is 6.08 Å². The summed E-state index contributed by atoms with van der Waals surface area (Å²) in [4.78, 5) is 36.0. The Morgan fingerprint density at radius 3 is 1.75 bits per heavy atom. The fourth-order valence-electron chi connectivity index (χ4n) is 1.49. The first-order valence-electron chi connectivity index (χ1n) is 8.54. The number of hydrogen-bond donors (Lipinski definition) is 0. The smallest absolute Gasteiger partial charge is 0.335 e. The molecule has 0 aliphatic carbocycles. The van der Waals surface area contributed by atoms with Crippen molar-refractivity contribution >= 4 is 17.9 Å². The first-order chi connectivity index (χ1) is 11.2. The van der Waals surface area contributed by atoms with E-state index in [9.17, 15) is 14.4 Å². The predicted molar refractivity (Wildman–Crippen MR) is 90.2 cm³/mol. The van der Waals surface area contributed by atoms with Crippen LogP contribution in [0.25, 0.3) is 0 Å². The van der Waals surface area contributed by atoms with E-state index < -0.39 is 17.9 Å². The fraction of sp³-hybridized carbons (Fsp3) is 0.722. The van der Waals surface area contributed by atoms with E-state index in [0.29, 0.717) is 19.3 Å². The van der Waals surface area contributed by atoms with Crippen molar-refractivity contribution in [2.75, 3.05) is 0 Å². The molecule has 0 spiro atoms. The lowest BCUT2D eigenvalue weighted by atomic mass is 10.1. The van der Waals surface area contributed by atoms with Gasteiger partial charge in [-0.3, -0.25) is 4.79 Å². The highest BCUT2D eigenvalue weighted by Gasteiger charge is 2.21. The Balaban J connectivity index is 5.10. The summed E-state index contributed by atoms with van der Waals surface area (Å²) >= 11 is 0. The maximum atomic E-state index is 12.2. The van der Waals surface area contributed by atoms with Crippen LogP contribution in [0.3, 0.4) is 0 Å². The molecule has 24 heavy (non-hydrogen) atoms. The summed E-state index contributed by atoms with van der Waals surface area (Å²) in [6, 6.07) is 0. The molecule has 0 radical (unpaired) electrons. The van der Waals surface area contributed by atoms with E-state index in [-0.39, 0.29) is 30.3 Å². The normalized spacial score (nSPS) is 15.2. The van der Waals surface area contributed by atoms with Crippen LogP contribution in [-0.2, 0) is 28.6 Å². The molecule has 0 aliphatic heterocycles. The molecular weight excluding hydrogens is 312 g/mol. The maximum Gasteiger partial charge on any atom is 0.335 e. The van der Waals surface area contributed by atoms with Crippen molar-refractivity contribution in [2.24, 2.45) is 0 Å². The second kappa shape index (κ2) is 11.6. The zero-order valence-corrected chi connectivity index (χ0v) is 15.6. The predicted octanol–water partition coefficient (Wildman–Crippen LogP) is 3.33. The summed E-state index contributed by atoms with van der Waals surface area (Å²) in [7, 11) is 0. The maximum absolute atomic E-state index is 12.2. The largest absolute Gasteiger partial charge is 0.462 e. The average molecular weight is 342 g/mol. The first kappa shape index (κ1) is 22.1. The van der Waals surface area contributed by atoms with Crippen LogP contribution in [-0.4, -0.2) is 36.2 Å². The van der Waals surface area contributed by atoms with Gasteiger partial charge in [-0.2, -0.15) is 0 Å². The molecule has 6 nitrogen and oxygen atoms in total. The third-order valence-corrected chi connectivity index (χ3v) is 3.57. The molecule has 0 saturated carbocycles. The second-order valence-electron chi connectivity index (χ2n) is 5.84. The molecule has 0 rings (SSSR count). The van der Waals surface area contributed by atoms with Crippen LogP contribution >= 0.6 is 0 Å². The number of carbonyl (C=O) groups excluding carboxylic acids is 3. The summed E-state index contributed by atoms with van der Waals surface area (Å²) in [6.07, 6.45) is 1.82. The van der Waals surface area contributed by atoms with Crippen molar-refractivity contribution in [3.05, 3.63) is 11.6 Å². The van der Waals surface area contributed by atoms with Crippen LogP contribution in [0.4, 0.5) is 0 Å².